The fourth-order valence-electron chi connectivity index (χ4n) is 2.28. The molecule has 16 heavy (non-hydrogen) atoms. The minimum atomic E-state index is -0.227. The summed E-state index contributed by atoms with van der Waals surface area (Å²) >= 11 is 0. The molecule has 0 spiro atoms. The molecule has 1 saturated heterocycles. The monoisotopic (exact) mass is 228 g/mol. The van der Waals surface area contributed by atoms with Crippen molar-refractivity contribution in [3.63, 3.8) is 0 Å². The van der Waals surface area contributed by atoms with E-state index in [2.05, 4.69) is 19.2 Å². The molecule has 1 rings (SSSR count). The number of carbonyl (C=O) groups excluding carboxylic acids is 1. The number of rotatable bonds is 5. The molecule has 1 amide bonds. The van der Waals surface area contributed by atoms with Crippen LogP contribution in [0.1, 0.15) is 33.1 Å². The molecule has 1 heterocycles. The number of nitrogens with one attached hydrogen (secondary N) is 1. The minimum absolute atomic E-state index is 0.0556. The molecule has 1 aliphatic heterocycles. The van der Waals surface area contributed by atoms with E-state index < -0.39 is 0 Å². The highest BCUT2D eigenvalue weighted by Gasteiger charge is 2.37. The second kappa shape index (κ2) is 6.21. The predicted molar refractivity (Wildman–Crippen MR) is 64.2 cm³/mol. The third kappa shape index (κ3) is 3.19. The first kappa shape index (κ1) is 13.5. The minimum Gasteiger partial charge on any atom is -0.395 e. The van der Waals surface area contributed by atoms with Gasteiger partial charge >= 0.3 is 0 Å². The van der Waals surface area contributed by atoms with Crippen molar-refractivity contribution in [1.29, 1.82) is 0 Å². The van der Waals surface area contributed by atoms with Crippen LogP contribution in [-0.4, -0.2) is 48.7 Å². The van der Waals surface area contributed by atoms with Crippen LogP contribution in [-0.2, 0) is 4.79 Å². The highest BCUT2D eigenvalue weighted by Crippen LogP contribution is 2.30. The van der Waals surface area contributed by atoms with Crippen molar-refractivity contribution in [3.8, 4) is 0 Å². The van der Waals surface area contributed by atoms with E-state index in [9.17, 15) is 4.79 Å². The molecule has 4 heteroatoms. The largest absolute Gasteiger partial charge is 0.395 e. The standard InChI is InChI=1S/C12H24N2O2/c1-3-8-14(9-10-15)11(16)12(2)4-6-13-7-5-12/h13,15H,3-10H2,1-2H3. The average molecular weight is 228 g/mol. The van der Waals surface area contributed by atoms with Gasteiger partial charge in [0.2, 0.25) is 5.91 Å². The van der Waals surface area contributed by atoms with E-state index in [4.69, 9.17) is 5.11 Å². The van der Waals surface area contributed by atoms with Gasteiger partial charge in [-0.3, -0.25) is 4.79 Å². The van der Waals surface area contributed by atoms with Crippen LogP contribution < -0.4 is 5.32 Å². The Morgan fingerprint density at radius 3 is 2.50 bits per heavy atom. The Bertz CT molecular complexity index is 219. The van der Waals surface area contributed by atoms with E-state index in [-0.39, 0.29) is 17.9 Å². The molecule has 0 aromatic rings. The van der Waals surface area contributed by atoms with Crippen molar-refractivity contribution < 1.29 is 9.90 Å². The highest BCUT2D eigenvalue weighted by molar-refractivity contribution is 5.82. The molecule has 94 valence electrons. The maximum Gasteiger partial charge on any atom is 0.228 e. The van der Waals surface area contributed by atoms with E-state index in [1.165, 1.54) is 0 Å². The van der Waals surface area contributed by atoms with Crippen LogP contribution in [0.5, 0.6) is 0 Å². The molecule has 0 unspecified atom stereocenters. The van der Waals surface area contributed by atoms with Crippen molar-refractivity contribution >= 4 is 5.91 Å². The van der Waals surface area contributed by atoms with Crippen LogP contribution in [0.3, 0.4) is 0 Å². The summed E-state index contributed by atoms with van der Waals surface area (Å²) in [6.07, 6.45) is 2.75. The van der Waals surface area contributed by atoms with E-state index in [1.54, 1.807) is 0 Å². The number of carbonyl (C=O) groups is 1. The van der Waals surface area contributed by atoms with E-state index >= 15 is 0 Å². The maximum atomic E-state index is 12.4. The van der Waals surface area contributed by atoms with E-state index in [0.717, 1.165) is 38.9 Å². The zero-order valence-electron chi connectivity index (χ0n) is 10.5. The quantitative estimate of drug-likeness (QED) is 0.725. The number of nitrogens with zero attached hydrogens (tertiary/aromatic N) is 1. The number of piperidine rings is 1. The molecule has 0 saturated carbocycles. The Kier molecular flexibility index (Phi) is 5.22. The SMILES string of the molecule is CCCN(CCO)C(=O)C1(C)CCNCC1. The lowest BCUT2D eigenvalue weighted by Crippen LogP contribution is -2.48. The first-order valence-electron chi connectivity index (χ1n) is 6.25. The summed E-state index contributed by atoms with van der Waals surface area (Å²) in [5.41, 5.74) is -0.227. The predicted octanol–water partition coefficient (Wildman–Crippen LogP) is 0.607. The fourth-order valence-corrected chi connectivity index (χ4v) is 2.28. The summed E-state index contributed by atoms with van der Waals surface area (Å²) in [6, 6.07) is 0. The number of aliphatic hydroxyl groups is 1. The highest BCUT2D eigenvalue weighted by atomic mass is 16.3. The fraction of sp³-hybridized carbons (Fsp3) is 0.917. The molecule has 0 radical (unpaired) electrons. The lowest BCUT2D eigenvalue weighted by molar-refractivity contribution is -0.143. The Hall–Kier alpha value is -0.610. The topological polar surface area (TPSA) is 52.6 Å². The van der Waals surface area contributed by atoms with Gasteiger partial charge in [-0.05, 0) is 32.4 Å². The van der Waals surface area contributed by atoms with Crippen molar-refractivity contribution in [2.75, 3.05) is 32.8 Å². The second-order valence-electron chi connectivity index (χ2n) is 4.83. The van der Waals surface area contributed by atoms with E-state index in [0.29, 0.717) is 6.54 Å². The Balaban J connectivity index is 2.63. The zero-order chi connectivity index (χ0) is 12.0. The molecule has 0 aromatic heterocycles. The van der Waals surface area contributed by atoms with Crippen LogP contribution >= 0.6 is 0 Å². The molecule has 0 aromatic carbocycles. The third-order valence-corrected chi connectivity index (χ3v) is 3.37. The Morgan fingerprint density at radius 1 is 1.38 bits per heavy atom. The van der Waals surface area contributed by atoms with Crippen LogP contribution in [0.25, 0.3) is 0 Å². The van der Waals surface area contributed by atoms with Gasteiger partial charge in [-0.15, -0.1) is 0 Å². The summed E-state index contributed by atoms with van der Waals surface area (Å²) in [5.74, 6) is 0.213. The van der Waals surface area contributed by atoms with Crippen molar-refractivity contribution in [1.82, 2.24) is 10.2 Å². The lowest BCUT2D eigenvalue weighted by atomic mass is 9.79. The van der Waals surface area contributed by atoms with Gasteiger partial charge in [-0.1, -0.05) is 13.8 Å². The van der Waals surface area contributed by atoms with Gasteiger partial charge in [0.05, 0.1) is 6.61 Å². The van der Waals surface area contributed by atoms with Gasteiger partial charge in [-0.25, -0.2) is 0 Å². The first-order chi connectivity index (χ1) is 7.64. The summed E-state index contributed by atoms with van der Waals surface area (Å²) in [6.45, 7) is 7.22. The molecular weight excluding hydrogens is 204 g/mol. The molecule has 0 atom stereocenters. The Morgan fingerprint density at radius 2 is 2.00 bits per heavy atom. The van der Waals surface area contributed by atoms with E-state index in [1.807, 2.05) is 4.90 Å². The molecule has 2 N–H and O–H groups in total. The van der Waals surface area contributed by atoms with Crippen molar-refractivity contribution in [2.24, 2.45) is 5.41 Å². The first-order valence-corrected chi connectivity index (χ1v) is 6.25. The number of hydrogen-bond acceptors (Lipinski definition) is 3. The van der Waals surface area contributed by atoms with Gasteiger partial charge in [-0.2, -0.15) is 0 Å². The number of amides is 1. The molecule has 4 nitrogen and oxygen atoms in total. The Labute approximate surface area is 98.0 Å². The van der Waals surface area contributed by atoms with Crippen LogP contribution in [0.4, 0.5) is 0 Å². The second-order valence-corrected chi connectivity index (χ2v) is 4.83. The molecule has 0 bridgehead atoms. The van der Waals surface area contributed by atoms with Gasteiger partial charge in [0.15, 0.2) is 0 Å². The summed E-state index contributed by atoms with van der Waals surface area (Å²) < 4.78 is 0. The zero-order valence-corrected chi connectivity index (χ0v) is 10.5. The van der Waals surface area contributed by atoms with Crippen LogP contribution in [0.15, 0.2) is 0 Å². The van der Waals surface area contributed by atoms with Gasteiger partial charge in [0.1, 0.15) is 0 Å². The summed E-state index contributed by atoms with van der Waals surface area (Å²) in [5, 5.41) is 12.3. The molecule has 1 aliphatic rings. The molecular formula is C12H24N2O2. The summed E-state index contributed by atoms with van der Waals surface area (Å²) in [4.78, 5) is 14.2. The van der Waals surface area contributed by atoms with Crippen molar-refractivity contribution in [2.45, 2.75) is 33.1 Å². The number of hydrogen-bond donors (Lipinski definition) is 2. The maximum absolute atomic E-state index is 12.4. The van der Waals surface area contributed by atoms with Gasteiger partial charge in [0.25, 0.3) is 0 Å². The average Bonchev–Trinajstić information content (AvgIpc) is 2.29. The van der Waals surface area contributed by atoms with Crippen molar-refractivity contribution in [3.05, 3.63) is 0 Å². The van der Waals surface area contributed by atoms with Crippen LogP contribution in [0.2, 0.25) is 0 Å². The molecule has 0 aliphatic carbocycles. The number of aliphatic hydroxyl groups excluding tert-OH is 1. The molecule has 1 fully saturated rings. The van der Waals surface area contributed by atoms with Crippen LogP contribution in [0, 0.1) is 5.41 Å². The van der Waals surface area contributed by atoms with Gasteiger partial charge in [0, 0.05) is 18.5 Å². The third-order valence-electron chi connectivity index (χ3n) is 3.37. The smallest absolute Gasteiger partial charge is 0.228 e. The summed E-state index contributed by atoms with van der Waals surface area (Å²) in [7, 11) is 0. The lowest BCUT2D eigenvalue weighted by Gasteiger charge is -2.37. The van der Waals surface area contributed by atoms with Gasteiger partial charge < -0.3 is 15.3 Å². The normalized spacial score (nSPS) is 19.4.